The molecule has 4 aromatic rings. The highest BCUT2D eigenvalue weighted by Gasteiger charge is 2.33. The maximum Gasteiger partial charge on any atom is 0.418 e. The minimum Gasteiger partial charge on any atom is -0.497 e. The summed E-state index contributed by atoms with van der Waals surface area (Å²) in [6.45, 7) is -0.849. The van der Waals surface area contributed by atoms with Crippen LogP contribution in [0, 0.1) is 0 Å². The van der Waals surface area contributed by atoms with Crippen LogP contribution in [0.15, 0.2) is 70.5 Å². The topological polar surface area (TPSA) is 108 Å². The molecule has 0 aliphatic heterocycles. The summed E-state index contributed by atoms with van der Waals surface area (Å²) in [4.78, 5) is 46.9. The number of hydrogen-bond donors (Lipinski definition) is 1. The normalized spacial score (nSPS) is 11.4. The zero-order valence-electron chi connectivity index (χ0n) is 18.2. The fraction of sp³-hybridized carbons (Fsp3) is 0.174. The molecule has 0 aliphatic carbocycles. The van der Waals surface area contributed by atoms with Crippen molar-refractivity contribution in [3.63, 3.8) is 0 Å². The van der Waals surface area contributed by atoms with Gasteiger partial charge >= 0.3 is 11.9 Å². The lowest BCUT2D eigenvalue weighted by Crippen LogP contribution is -2.42. The second-order valence-electron chi connectivity index (χ2n) is 7.43. The molecule has 12 heteroatoms. The van der Waals surface area contributed by atoms with Crippen molar-refractivity contribution < 1.29 is 22.7 Å². The van der Waals surface area contributed by atoms with E-state index in [9.17, 15) is 27.6 Å². The Kier molecular flexibility index (Phi) is 6.36. The number of fused-ring (bicyclic) bond motifs is 1. The van der Waals surface area contributed by atoms with Crippen molar-refractivity contribution in [1.82, 2.24) is 19.1 Å². The number of hydrogen-bond acceptors (Lipinski definition) is 6. The molecule has 9 nitrogen and oxygen atoms in total. The number of amides is 1. The number of carbonyl (C=O) groups excluding carboxylic acids is 1. The molecule has 180 valence electrons. The number of anilines is 1. The maximum absolute atomic E-state index is 13.3. The molecule has 0 saturated heterocycles. The van der Waals surface area contributed by atoms with Crippen LogP contribution < -0.4 is 21.3 Å². The number of para-hydroxylation sites is 1. The van der Waals surface area contributed by atoms with Crippen LogP contribution in [0.2, 0.25) is 0 Å². The SMILES string of the molecule is COc1cccc(Cn2c(=O)c3nccnc3n(CC(=O)Nc3ccccc3C(F)(F)F)c2=O)c1. The summed E-state index contributed by atoms with van der Waals surface area (Å²) in [5.74, 6) is -0.401. The first-order chi connectivity index (χ1) is 16.7. The van der Waals surface area contributed by atoms with Crippen molar-refractivity contribution in [2.24, 2.45) is 0 Å². The van der Waals surface area contributed by atoms with Gasteiger partial charge in [0.05, 0.1) is 24.9 Å². The second kappa shape index (κ2) is 9.41. The average Bonchev–Trinajstić information content (AvgIpc) is 2.84. The lowest BCUT2D eigenvalue weighted by Gasteiger charge is -2.15. The Morgan fingerprint density at radius 2 is 1.77 bits per heavy atom. The molecule has 0 aliphatic rings. The van der Waals surface area contributed by atoms with E-state index < -0.39 is 41.1 Å². The van der Waals surface area contributed by atoms with Gasteiger partial charge in [-0.25, -0.2) is 14.8 Å². The molecule has 2 aromatic carbocycles. The molecule has 1 amide bonds. The fourth-order valence-electron chi connectivity index (χ4n) is 3.54. The molecule has 0 spiro atoms. The predicted octanol–water partition coefficient (Wildman–Crippen LogP) is 2.67. The van der Waals surface area contributed by atoms with E-state index in [1.807, 2.05) is 0 Å². The number of nitrogens with one attached hydrogen (secondary N) is 1. The van der Waals surface area contributed by atoms with Crippen LogP contribution in [0.5, 0.6) is 5.75 Å². The van der Waals surface area contributed by atoms with Crippen molar-refractivity contribution in [2.45, 2.75) is 19.3 Å². The average molecular weight is 485 g/mol. The Labute approximate surface area is 195 Å². The minimum atomic E-state index is -4.69. The first-order valence-electron chi connectivity index (χ1n) is 10.2. The number of rotatable bonds is 6. The highest BCUT2D eigenvalue weighted by molar-refractivity contribution is 5.92. The molecular formula is C23H18F3N5O4. The van der Waals surface area contributed by atoms with Crippen molar-refractivity contribution in [3.8, 4) is 5.75 Å². The lowest BCUT2D eigenvalue weighted by molar-refractivity contribution is -0.137. The Hall–Kier alpha value is -4.48. The summed E-state index contributed by atoms with van der Waals surface area (Å²) in [7, 11) is 1.47. The van der Waals surface area contributed by atoms with Crippen LogP contribution in [0.1, 0.15) is 11.1 Å². The van der Waals surface area contributed by atoms with Crippen LogP contribution in [-0.4, -0.2) is 32.1 Å². The van der Waals surface area contributed by atoms with Crippen molar-refractivity contribution in [2.75, 3.05) is 12.4 Å². The van der Waals surface area contributed by atoms with Crippen molar-refractivity contribution >= 4 is 22.8 Å². The quantitative estimate of drug-likeness (QED) is 0.450. The number of nitrogens with zero attached hydrogens (tertiary/aromatic N) is 4. The number of carbonyl (C=O) groups is 1. The smallest absolute Gasteiger partial charge is 0.418 e. The largest absolute Gasteiger partial charge is 0.497 e. The molecule has 0 bridgehead atoms. The Bertz CT molecular complexity index is 1530. The molecule has 2 heterocycles. The van der Waals surface area contributed by atoms with Gasteiger partial charge in [-0.15, -0.1) is 0 Å². The van der Waals surface area contributed by atoms with Crippen LogP contribution in [-0.2, 0) is 24.1 Å². The highest BCUT2D eigenvalue weighted by atomic mass is 19.4. The van der Waals surface area contributed by atoms with E-state index >= 15 is 0 Å². The van der Waals surface area contributed by atoms with E-state index in [2.05, 4.69) is 15.3 Å². The summed E-state index contributed by atoms with van der Waals surface area (Å²) >= 11 is 0. The molecular weight excluding hydrogens is 467 g/mol. The summed E-state index contributed by atoms with van der Waals surface area (Å²) < 4.78 is 46.8. The van der Waals surface area contributed by atoms with E-state index in [0.717, 1.165) is 21.3 Å². The van der Waals surface area contributed by atoms with Crippen molar-refractivity contribution in [1.29, 1.82) is 0 Å². The molecule has 0 radical (unpaired) electrons. The number of alkyl halides is 3. The van der Waals surface area contributed by atoms with Crippen LogP contribution in [0.25, 0.3) is 11.2 Å². The van der Waals surface area contributed by atoms with Crippen LogP contribution >= 0.6 is 0 Å². The number of ether oxygens (including phenoxy) is 1. The summed E-state index contributed by atoms with van der Waals surface area (Å²) in [5, 5.41) is 2.19. The van der Waals surface area contributed by atoms with Crippen molar-refractivity contribution in [3.05, 3.63) is 92.9 Å². The highest BCUT2D eigenvalue weighted by Crippen LogP contribution is 2.34. The zero-order chi connectivity index (χ0) is 25.2. The molecule has 4 rings (SSSR count). The first kappa shape index (κ1) is 23.7. The van der Waals surface area contributed by atoms with E-state index in [1.165, 1.54) is 31.6 Å². The predicted molar refractivity (Wildman–Crippen MR) is 120 cm³/mol. The number of methoxy groups -OCH3 is 1. The molecule has 2 aromatic heterocycles. The third kappa shape index (κ3) is 4.90. The first-order valence-corrected chi connectivity index (χ1v) is 10.2. The molecule has 35 heavy (non-hydrogen) atoms. The van der Waals surface area contributed by atoms with E-state index in [4.69, 9.17) is 4.74 Å². The summed E-state index contributed by atoms with van der Waals surface area (Å²) in [6.07, 6.45) is -2.20. The van der Waals surface area contributed by atoms with E-state index in [0.29, 0.717) is 11.3 Å². The number of benzene rings is 2. The molecule has 0 saturated carbocycles. The lowest BCUT2D eigenvalue weighted by atomic mass is 10.1. The van der Waals surface area contributed by atoms with Gasteiger partial charge in [-0.2, -0.15) is 13.2 Å². The minimum absolute atomic E-state index is 0.153. The summed E-state index contributed by atoms with van der Waals surface area (Å²) in [6, 6.07) is 11.2. The third-order valence-corrected chi connectivity index (χ3v) is 5.13. The fourth-order valence-corrected chi connectivity index (χ4v) is 3.54. The Morgan fingerprint density at radius 1 is 1.03 bits per heavy atom. The van der Waals surface area contributed by atoms with Gasteiger partial charge in [-0.3, -0.25) is 18.7 Å². The van der Waals surface area contributed by atoms with Gasteiger partial charge in [0, 0.05) is 12.4 Å². The number of aromatic nitrogens is 4. The van der Waals surface area contributed by atoms with Crippen LogP contribution in [0.3, 0.4) is 0 Å². The molecule has 0 unspecified atom stereocenters. The second-order valence-corrected chi connectivity index (χ2v) is 7.43. The van der Waals surface area contributed by atoms with Gasteiger partial charge in [-0.05, 0) is 29.8 Å². The molecule has 0 atom stereocenters. The van der Waals surface area contributed by atoms with Gasteiger partial charge in [0.1, 0.15) is 12.3 Å². The van der Waals surface area contributed by atoms with E-state index in [1.54, 1.807) is 24.3 Å². The summed E-state index contributed by atoms with van der Waals surface area (Å²) in [5.41, 5.74) is -2.85. The van der Waals surface area contributed by atoms with Crippen LogP contribution in [0.4, 0.5) is 18.9 Å². The van der Waals surface area contributed by atoms with Gasteiger partial charge in [0.15, 0.2) is 11.2 Å². The number of halogens is 3. The molecule has 0 fully saturated rings. The van der Waals surface area contributed by atoms with Gasteiger partial charge in [0.2, 0.25) is 5.91 Å². The Balaban J connectivity index is 1.75. The third-order valence-electron chi connectivity index (χ3n) is 5.13. The zero-order valence-corrected chi connectivity index (χ0v) is 18.2. The monoisotopic (exact) mass is 485 g/mol. The maximum atomic E-state index is 13.3. The van der Waals surface area contributed by atoms with E-state index in [-0.39, 0.29) is 17.7 Å². The molecule has 1 N–H and O–H groups in total. The van der Waals surface area contributed by atoms with Gasteiger partial charge in [-0.1, -0.05) is 24.3 Å². The van der Waals surface area contributed by atoms with Gasteiger partial charge in [0.25, 0.3) is 5.56 Å². The standard InChI is InChI=1S/C23H18F3N5O4/c1-35-15-6-4-5-14(11-15)12-31-21(33)19-20(28-10-9-27-19)30(22(31)34)13-18(32)29-17-8-3-2-7-16(17)23(24,25)26/h2-11H,12-13H2,1H3,(H,29,32). The Morgan fingerprint density at radius 3 is 2.51 bits per heavy atom. The van der Waals surface area contributed by atoms with Gasteiger partial charge < -0.3 is 10.1 Å².